The molecule has 0 aliphatic carbocycles. The summed E-state index contributed by atoms with van der Waals surface area (Å²) < 4.78 is 5.48. The number of nitrogens with zero attached hydrogens (tertiary/aromatic N) is 3. The lowest BCUT2D eigenvalue weighted by molar-refractivity contribution is -0.119. The highest BCUT2D eigenvalue weighted by atomic mass is 16.5. The van der Waals surface area contributed by atoms with E-state index in [4.69, 9.17) is 4.74 Å². The Morgan fingerprint density at radius 1 is 1.15 bits per heavy atom. The molecule has 2 aliphatic heterocycles. The Bertz CT molecular complexity index is 578. The molecule has 2 aliphatic rings. The first-order valence-corrected chi connectivity index (χ1v) is 10.1. The second-order valence-electron chi connectivity index (χ2n) is 7.40. The molecule has 0 aromatic heterocycles. The molecule has 0 radical (unpaired) electrons. The Balaban J connectivity index is 1.45. The van der Waals surface area contributed by atoms with Gasteiger partial charge in [-0.05, 0) is 38.3 Å². The van der Waals surface area contributed by atoms with Gasteiger partial charge in [0.1, 0.15) is 0 Å². The summed E-state index contributed by atoms with van der Waals surface area (Å²) in [7, 11) is 0. The Morgan fingerprint density at radius 2 is 1.85 bits per heavy atom. The van der Waals surface area contributed by atoms with Crippen LogP contribution in [-0.2, 0) is 9.53 Å². The Morgan fingerprint density at radius 3 is 2.50 bits per heavy atom. The molecule has 0 bridgehead atoms. The molecule has 1 aromatic rings. The molecule has 144 valence electrons. The maximum atomic E-state index is 12.8. The molecule has 5 heteroatoms. The maximum absolute atomic E-state index is 12.8. The van der Waals surface area contributed by atoms with Gasteiger partial charge >= 0.3 is 0 Å². The topological polar surface area (TPSA) is 36.0 Å². The molecule has 1 aromatic carbocycles. The van der Waals surface area contributed by atoms with Crippen LogP contribution in [0.1, 0.15) is 31.7 Å². The minimum absolute atomic E-state index is 0.230. The zero-order valence-corrected chi connectivity index (χ0v) is 16.3. The smallest absolute Gasteiger partial charge is 0.228 e. The largest absolute Gasteiger partial charge is 0.381 e. The zero-order valence-electron chi connectivity index (χ0n) is 16.3. The van der Waals surface area contributed by atoms with Crippen molar-refractivity contribution < 1.29 is 9.53 Å². The number of ether oxygens (including phenoxy) is 1. The molecule has 0 saturated carbocycles. The van der Waals surface area contributed by atoms with Gasteiger partial charge in [0.05, 0.1) is 0 Å². The molecule has 2 saturated heterocycles. The highest BCUT2D eigenvalue weighted by Gasteiger charge is 2.26. The van der Waals surface area contributed by atoms with Gasteiger partial charge in [0, 0.05) is 70.6 Å². The van der Waals surface area contributed by atoms with Crippen LogP contribution < -0.4 is 4.90 Å². The van der Waals surface area contributed by atoms with Crippen molar-refractivity contribution in [1.82, 2.24) is 9.80 Å². The predicted octanol–water partition coefficient (Wildman–Crippen LogP) is 2.53. The van der Waals surface area contributed by atoms with Crippen LogP contribution in [0.2, 0.25) is 0 Å². The Kier molecular flexibility index (Phi) is 7.06. The fraction of sp³-hybridized carbons (Fsp3) is 0.667. The summed E-state index contributed by atoms with van der Waals surface area (Å²) in [5.74, 6) is 0.230. The average Bonchev–Trinajstić information content (AvgIpc) is 2.69. The molecule has 0 N–H and O–H groups in total. The van der Waals surface area contributed by atoms with E-state index in [0.29, 0.717) is 12.5 Å². The van der Waals surface area contributed by atoms with Gasteiger partial charge in [0.15, 0.2) is 0 Å². The van der Waals surface area contributed by atoms with E-state index in [2.05, 4.69) is 29.7 Å². The van der Waals surface area contributed by atoms with Gasteiger partial charge in [0.2, 0.25) is 5.91 Å². The number of para-hydroxylation sites is 1. The summed E-state index contributed by atoms with van der Waals surface area (Å²) in [4.78, 5) is 19.7. The molecule has 0 atom stereocenters. The van der Waals surface area contributed by atoms with E-state index in [0.717, 1.165) is 63.7 Å². The Hall–Kier alpha value is -1.43. The third kappa shape index (κ3) is 4.84. The minimum atomic E-state index is 0.230. The SMILES string of the molecule is CCN(C(=O)CCN1CCN(C2CCOCC2)CC1)c1ccccc1C. The number of hydrogen-bond acceptors (Lipinski definition) is 4. The monoisotopic (exact) mass is 359 g/mol. The lowest BCUT2D eigenvalue weighted by Gasteiger charge is -2.40. The highest BCUT2D eigenvalue weighted by Crippen LogP contribution is 2.20. The summed E-state index contributed by atoms with van der Waals surface area (Å²) in [6.07, 6.45) is 2.93. The molecule has 3 rings (SSSR count). The van der Waals surface area contributed by atoms with E-state index in [1.165, 1.54) is 12.8 Å². The molecule has 2 fully saturated rings. The first-order chi connectivity index (χ1) is 12.7. The van der Waals surface area contributed by atoms with E-state index in [-0.39, 0.29) is 5.91 Å². The quantitative estimate of drug-likeness (QED) is 0.782. The molecule has 5 nitrogen and oxygen atoms in total. The first kappa shape index (κ1) is 19.3. The number of rotatable bonds is 6. The fourth-order valence-electron chi connectivity index (χ4n) is 4.14. The molecule has 0 spiro atoms. The van der Waals surface area contributed by atoms with Crippen molar-refractivity contribution in [3.8, 4) is 0 Å². The third-order valence-electron chi connectivity index (χ3n) is 5.78. The summed E-state index contributed by atoms with van der Waals surface area (Å²) in [6, 6.07) is 8.84. The zero-order chi connectivity index (χ0) is 18.4. The summed E-state index contributed by atoms with van der Waals surface area (Å²) >= 11 is 0. The molecular formula is C21H33N3O2. The Labute approximate surface area is 157 Å². The molecule has 26 heavy (non-hydrogen) atoms. The van der Waals surface area contributed by atoms with Crippen LogP contribution in [-0.4, -0.2) is 74.2 Å². The number of aryl methyl sites for hydroxylation is 1. The van der Waals surface area contributed by atoms with Crippen LogP contribution >= 0.6 is 0 Å². The van der Waals surface area contributed by atoms with E-state index in [9.17, 15) is 4.79 Å². The number of anilines is 1. The number of carbonyl (C=O) groups excluding carboxylic acids is 1. The summed E-state index contributed by atoms with van der Waals surface area (Å²) in [6.45, 7) is 11.9. The van der Waals surface area contributed by atoms with E-state index >= 15 is 0 Å². The van der Waals surface area contributed by atoms with E-state index in [1.54, 1.807) is 0 Å². The van der Waals surface area contributed by atoms with Gasteiger partial charge in [-0.15, -0.1) is 0 Å². The molecule has 0 unspecified atom stereocenters. The van der Waals surface area contributed by atoms with Crippen molar-refractivity contribution in [2.24, 2.45) is 0 Å². The third-order valence-corrected chi connectivity index (χ3v) is 5.78. The summed E-state index contributed by atoms with van der Waals surface area (Å²) in [5, 5.41) is 0. The maximum Gasteiger partial charge on any atom is 0.228 e. The van der Waals surface area contributed by atoms with Crippen LogP contribution in [0, 0.1) is 6.92 Å². The number of carbonyl (C=O) groups is 1. The van der Waals surface area contributed by atoms with Crippen molar-refractivity contribution in [3.05, 3.63) is 29.8 Å². The van der Waals surface area contributed by atoms with Gasteiger partial charge in [-0.3, -0.25) is 9.69 Å². The van der Waals surface area contributed by atoms with Crippen molar-refractivity contribution in [3.63, 3.8) is 0 Å². The normalized spacial score (nSPS) is 20.2. The standard InChI is InChI=1S/C21H33N3O2/c1-3-24(20-7-5-4-6-18(20)2)21(25)8-11-22-12-14-23(15-13-22)19-9-16-26-17-10-19/h4-7,19H,3,8-17H2,1-2H3. The van der Waals surface area contributed by atoms with Gasteiger partial charge in [-0.1, -0.05) is 18.2 Å². The van der Waals surface area contributed by atoms with Crippen molar-refractivity contribution in [1.29, 1.82) is 0 Å². The van der Waals surface area contributed by atoms with Crippen LogP contribution in [0.4, 0.5) is 5.69 Å². The van der Waals surface area contributed by atoms with Crippen LogP contribution in [0.5, 0.6) is 0 Å². The average molecular weight is 360 g/mol. The molecule has 2 heterocycles. The van der Waals surface area contributed by atoms with Crippen LogP contribution in [0.3, 0.4) is 0 Å². The molecular weight excluding hydrogens is 326 g/mol. The van der Waals surface area contributed by atoms with Gasteiger partial charge in [0.25, 0.3) is 0 Å². The number of piperazine rings is 1. The van der Waals surface area contributed by atoms with Crippen LogP contribution in [0.15, 0.2) is 24.3 Å². The second-order valence-corrected chi connectivity index (χ2v) is 7.40. The van der Waals surface area contributed by atoms with Gasteiger partial charge in [-0.25, -0.2) is 0 Å². The highest BCUT2D eigenvalue weighted by molar-refractivity contribution is 5.94. The lowest BCUT2D eigenvalue weighted by atomic mass is 10.1. The van der Waals surface area contributed by atoms with E-state index in [1.807, 2.05) is 23.1 Å². The number of hydrogen-bond donors (Lipinski definition) is 0. The van der Waals surface area contributed by atoms with Crippen molar-refractivity contribution in [2.45, 2.75) is 39.2 Å². The van der Waals surface area contributed by atoms with Crippen molar-refractivity contribution >= 4 is 11.6 Å². The number of benzene rings is 1. The number of amides is 1. The van der Waals surface area contributed by atoms with Crippen molar-refractivity contribution in [2.75, 3.05) is 57.4 Å². The first-order valence-electron chi connectivity index (χ1n) is 10.1. The second kappa shape index (κ2) is 9.49. The van der Waals surface area contributed by atoms with Gasteiger partial charge < -0.3 is 14.5 Å². The van der Waals surface area contributed by atoms with Crippen LogP contribution in [0.25, 0.3) is 0 Å². The van der Waals surface area contributed by atoms with E-state index < -0.39 is 0 Å². The summed E-state index contributed by atoms with van der Waals surface area (Å²) in [5.41, 5.74) is 2.21. The minimum Gasteiger partial charge on any atom is -0.381 e. The predicted molar refractivity (Wildman–Crippen MR) is 106 cm³/mol. The fourth-order valence-corrected chi connectivity index (χ4v) is 4.14. The lowest BCUT2D eigenvalue weighted by Crippen LogP contribution is -2.52. The van der Waals surface area contributed by atoms with Gasteiger partial charge in [-0.2, -0.15) is 0 Å². The molecule has 1 amide bonds.